The molecule has 23 heavy (non-hydrogen) atoms. The van der Waals surface area contributed by atoms with Gasteiger partial charge in [-0.05, 0) is 42.0 Å². The lowest BCUT2D eigenvalue weighted by molar-refractivity contribution is -0.129. The van der Waals surface area contributed by atoms with E-state index in [0.717, 1.165) is 0 Å². The maximum atomic E-state index is 12.9. The number of benzene rings is 2. The third kappa shape index (κ3) is 3.24. The van der Waals surface area contributed by atoms with Crippen LogP contribution in [0.2, 0.25) is 5.02 Å². The average molecular weight is 332 g/mol. The molecule has 2 aromatic rings. The normalized spacial score (nSPS) is 15.5. The number of halogens is 2. The van der Waals surface area contributed by atoms with Crippen LogP contribution < -0.4 is 4.74 Å². The lowest BCUT2D eigenvalue weighted by atomic mass is 10.2. The van der Waals surface area contributed by atoms with Crippen LogP contribution in [0.3, 0.4) is 0 Å². The molecule has 0 saturated heterocycles. The number of esters is 1. The summed E-state index contributed by atoms with van der Waals surface area (Å²) in [6.45, 7) is 0. The zero-order valence-electron chi connectivity index (χ0n) is 12.0. The van der Waals surface area contributed by atoms with Gasteiger partial charge in [-0.2, -0.15) is 0 Å². The largest absolute Gasteiger partial charge is 0.496 e. The Morgan fingerprint density at radius 3 is 2.65 bits per heavy atom. The topological polar surface area (TPSA) is 47.9 Å². The van der Waals surface area contributed by atoms with Crippen LogP contribution in [0.1, 0.15) is 11.1 Å². The second-order valence-electron chi connectivity index (χ2n) is 4.73. The van der Waals surface area contributed by atoms with Gasteiger partial charge in [-0.25, -0.2) is 14.2 Å². The molecule has 0 saturated carbocycles. The fraction of sp³-hybridized carbons (Fsp3) is 0.0588. The molecule has 0 atom stereocenters. The van der Waals surface area contributed by atoms with Crippen molar-refractivity contribution in [2.24, 2.45) is 4.99 Å². The predicted molar refractivity (Wildman–Crippen MR) is 85.0 cm³/mol. The number of carbonyl (C=O) groups excluding carboxylic acids is 1. The van der Waals surface area contributed by atoms with Gasteiger partial charge in [-0.15, -0.1) is 0 Å². The number of rotatable bonds is 3. The molecule has 0 N–H and O–H groups in total. The number of ether oxygens (including phenoxy) is 2. The Kier molecular flexibility index (Phi) is 4.12. The molecule has 0 bridgehead atoms. The molecule has 0 amide bonds. The first-order valence-electron chi connectivity index (χ1n) is 6.69. The number of aliphatic imine (C=N–C) groups is 1. The summed E-state index contributed by atoms with van der Waals surface area (Å²) in [6, 6.07) is 10.6. The molecule has 0 unspecified atom stereocenters. The lowest BCUT2D eigenvalue weighted by Gasteiger charge is -2.07. The van der Waals surface area contributed by atoms with E-state index in [2.05, 4.69) is 4.99 Å². The predicted octanol–water partition coefficient (Wildman–Crippen LogP) is 3.83. The summed E-state index contributed by atoms with van der Waals surface area (Å²) in [5.74, 6) is -0.341. The second-order valence-corrected chi connectivity index (χ2v) is 5.17. The first kappa shape index (κ1) is 15.2. The first-order valence-corrected chi connectivity index (χ1v) is 7.06. The average Bonchev–Trinajstić information content (AvgIpc) is 2.90. The fourth-order valence-corrected chi connectivity index (χ4v) is 2.26. The van der Waals surface area contributed by atoms with Crippen molar-refractivity contribution in [3.8, 4) is 5.75 Å². The van der Waals surface area contributed by atoms with Crippen molar-refractivity contribution >= 4 is 29.5 Å². The molecular formula is C17H11ClFNO3. The molecule has 1 aliphatic heterocycles. The van der Waals surface area contributed by atoms with Gasteiger partial charge in [0.15, 0.2) is 5.70 Å². The Hall–Kier alpha value is -2.66. The van der Waals surface area contributed by atoms with E-state index in [1.807, 2.05) is 0 Å². The van der Waals surface area contributed by atoms with E-state index >= 15 is 0 Å². The summed E-state index contributed by atoms with van der Waals surface area (Å²) in [6.07, 6.45) is 1.52. The van der Waals surface area contributed by atoms with E-state index in [0.29, 0.717) is 21.9 Å². The van der Waals surface area contributed by atoms with Crippen LogP contribution in [0.15, 0.2) is 53.2 Å². The summed E-state index contributed by atoms with van der Waals surface area (Å²) in [5, 5.41) is 0.468. The quantitative estimate of drug-likeness (QED) is 0.634. The summed E-state index contributed by atoms with van der Waals surface area (Å²) < 4.78 is 23.3. The first-order chi connectivity index (χ1) is 11.1. The summed E-state index contributed by atoms with van der Waals surface area (Å²) in [5.41, 5.74) is 1.24. The van der Waals surface area contributed by atoms with Gasteiger partial charge >= 0.3 is 5.97 Å². The third-order valence-electron chi connectivity index (χ3n) is 3.19. The number of nitrogens with zero attached hydrogens (tertiary/aromatic N) is 1. The Bertz CT molecular complexity index is 828. The molecule has 4 nitrogen and oxygen atoms in total. The monoisotopic (exact) mass is 331 g/mol. The number of carbonyl (C=O) groups is 1. The van der Waals surface area contributed by atoms with E-state index < -0.39 is 5.97 Å². The van der Waals surface area contributed by atoms with Crippen molar-refractivity contribution in [3.05, 3.63) is 70.1 Å². The summed E-state index contributed by atoms with van der Waals surface area (Å²) in [4.78, 5) is 16.1. The SMILES string of the molecule is COc1ccc(Cl)cc1C1=NC(=Cc2ccc(F)cc2)C(=O)O1. The zero-order chi connectivity index (χ0) is 16.4. The molecule has 1 aliphatic rings. The number of hydrogen-bond donors (Lipinski definition) is 0. The van der Waals surface area contributed by atoms with Crippen molar-refractivity contribution < 1.29 is 18.7 Å². The number of methoxy groups -OCH3 is 1. The molecular weight excluding hydrogens is 321 g/mol. The van der Waals surface area contributed by atoms with Gasteiger partial charge in [0.05, 0.1) is 12.7 Å². The zero-order valence-corrected chi connectivity index (χ0v) is 12.8. The molecule has 2 aromatic carbocycles. The van der Waals surface area contributed by atoms with Crippen LogP contribution in [0.4, 0.5) is 4.39 Å². The van der Waals surface area contributed by atoms with Gasteiger partial charge in [0, 0.05) is 5.02 Å². The summed E-state index contributed by atoms with van der Waals surface area (Å²) in [7, 11) is 1.50. The molecule has 0 radical (unpaired) electrons. The Labute approximate surface area is 136 Å². The molecule has 6 heteroatoms. The Morgan fingerprint density at radius 2 is 1.96 bits per heavy atom. The van der Waals surface area contributed by atoms with Gasteiger partial charge in [0.1, 0.15) is 11.6 Å². The molecule has 3 rings (SSSR count). The second kappa shape index (κ2) is 6.22. The van der Waals surface area contributed by atoms with E-state index in [-0.39, 0.29) is 17.4 Å². The minimum atomic E-state index is -0.591. The standard InChI is InChI=1S/C17H11ClFNO3/c1-22-15-7-4-11(18)9-13(15)16-20-14(17(21)23-16)8-10-2-5-12(19)6-3-10/h2-9H,1H3. The molecule has 0 spiro atoms. The fourth-order valence-electron chi connectivity index (χ4n) is 2.09. The molecule has 0 aliphatic carbocycles. The number of cyclic esters (lactones) is 1. The minimum Gasteiger partial charge on any atom is -0.496 e. The van der Waals surface area contributed by atoms with Crippen LogP contribution in [-0.2, 0) is 9.53 Å². The maximum Gasteiger partial charge on any atom is 0.363 e. The van der Waals surface area contributed by atoms with Crippen molar-refractivity contribution in [1.82, 2.24) is 0 Å². The summed E-state index contributed by atoms with van der Waals surface area (Å²) >= 11 is 5.97. The Morgan fingerprint density at radius 1 is 1.22 bits per heavy atom. The molecule has 116 valence electrons. The van der Waals surface area contributed by atoms with E-state index in [4.69, 9.17) is 21.1 Å². The highest BCUT2D eigenvalue weighted by atomic mass is 35.5. The van der Waals surface area contributed by atoms with Crippen LogP contribution in [0.25, 0.3) is 6.08 Å². The number of hydrogen-bond acceptors (Lipinski definition) is 4. The lowest BCUT2D eigenvalue weighted by Crippen LogP contribution is -2.07. The van der Waals surface area contributed by atoms with Gasteiger partial charge in [-0.3, -0.25) is 0 Å². The molecule has 1 heterocycles. The van der Waals surface area contributed by atoms with Crippen LogP contribution in [0.5, 0.6) is 5.75 Å². The molecule has 0 aromatic heterocycles. The molecule has 0 fully saturated rings. The van der Waals surface area contributed by atoms with Gasteiger partial charge in [-0.1, -0.05) is 23.7 Å². The van der Waals surface area contributed by atoms with Crippen molar-refractivity contribution in [2.75, 3.05) is 7.11 Å². The van der Waals surface area contributed by atoms with Gasteiger partial charge in [0.2, 0.25) is 5.90 Å². The van der Waals surface area contributed by atoms with Crippen molar-refractivity contribution in [1.29, 1.82) is 0 Å². The Balaban J connectivity index is 1.98. The van der Waals surface area contributed by atoms with E-state index in [9.17, 15) is 9.18 Å². The van der Waals surface area contributed by atoms with Gasteiger partial charge < -0.3 is 9.47 Å². The van der Waals surface area contributed by atoms with E-state index in [1.165, 1.54) is 25.3 Å². The highest BCUT2D eigenvalue weighted by Crippen LogP contribution is 2.27. The van der Waals surface area contributed by atoms with Crippen molar-refractivity contribution in [3.63, 3.8) is 0 Å². The van der Waals surface area contributed by atoms with Crippen LogP contribution in [-0.4, -0.2) is 19.0 Å². The van der Waals surface area contributed by atoms with Crippen LogP contribution >= 0.6 is 11.6 Å². The van der Waals surface area contributed by atoms with Crippen molar-refractivity contribution in [2.45, 2.75) is 0 Å². The van der Waals surface area contributed by atoms with E-state index in [1.54, 1.807) is 30.3 Å². The highest BCUT2D eigenvalue weighted by molar-refractivity contribution is 6.31. The van der Waals surface area contributed by atoms with Crippen LogP contribution in [0, 0.1) is 5.82 Å². The maximum absolute atomic E-state index is 12.9. The third-order valence-corrected chi connectivity index (χ3v) is 3.42. The highest BCUT2D eigenvalue weighted by Gasteiger charge is 2.26. The van der Waals surface area contributed by atoms with Gasteiger partial charge in [0.25, 0.3) is 0 Å². The smallest absolute Gasteiger partial charge is 0.363 e. The minimum absolute atomic E-state index is 0.114.